The molecular weight excluding hydrogens is 236 g/mol. The van der Waals surface area contributed by atoms with Gasteiger partial charge in [0.1, 0.15) is 11.3 Å². The van der Waals surface area contributed by atoms with Crippen LogP contribution in [0.3, 0.4) is 0 Å². The maximum atomic E-state index is 6.51. The second-order valence-electron chi connectivity index (χ2n) is 5.50. The van der Waals surface area contributed by atoms with Crippen molar-refractivity contribution in [3.63, 3.8) is 0 Å². The molecule has 0 bridgehead atoms. The number of hydrogen-bond donors (Lipinski definition) is 1. The summed E-state index contributed by atoms with van der Waals surface area (Å²) in [4.78, 5) is 8.89. The van der Waals surface area contributed by atoms with E-state index in [2.05, 4.69) is 16.5 Å². The third kappa shape index (κ3) is 2.25. The minimum absolute atomic E-state index is 0.0626. The Morgan fingerprint density at radius 3 is 2.89 bits per heavy atom. The van der Waals surface area contributed by atoms with Gasteiger partial charge in [0.2, 0.25) is 0 Å². The smallest absolute Gasteiger partial charge is 0.127 e. The number of fused-ring (bicyclic) bond motifs is 1. The number of aromatic nitrogens is 3. The highest BCUT2D eigenvalue weighted by Gasteiger charge is 2.26. The highest BCUT2D eigenvalue weighted by Crippen LogP contribution is 2.33. The zero-order valence-electron chi connectivity index (χ0n) is 11.5. The molecule has 0 spiro atoms. The van der Waals surface area contributed by atoms with Crippen LogP contribution in [0.25, 0.3) is 11.0 Å². The van der Waals surface area contributed by atoms with E-state index in [0.29, 0.717) is 5.92 Å². The van der Waals surface area contributed by atoms with Gasteiger partial charge in [-0.3, -0.25) is 4.98 Å². The molecule has 4 heteroatoms. The van der Waals surface area contributed by atoms with E-state index in [9.17, 15) is 0 Å². The van der Waals surface area contributed by atoms with Gasteiger partial charge in [-0.05, 0) is 31.7 Å². The molecule has 2 heterocycles. The van der Waals surface area contributed by atoms with Gasteiger partial charge in [0.05, 0.1) is 17.8 Å². The van der Waals surface area contributed by atoms with Crippen LogP contribution >= 0.6 is 0 Å². The fourth-order valence-electron chi connectivity index (χ4n) is 3.29. The van der Waals surface area contributed by atoms with Crippen molar-refractivity contribution in [2.24, 2.45) is 11.7 Å². The third-order valence-electron chi connectivity index (χ3n) is 4.35. The molecule has 0 radical (unpaired) electrons. The van der Waals surface area contributed by atoms with Crippen LogP contribution in [0.2, 0.25) is 0 Å². The Morgan fingerprint density at radius 2 is 2.16 bits per heavy atom. The molecule has 1 aliphatic carbocycles. The number of pyridine rings is 1. The first-order valence-electron chi connectivity index (χ1n) is 7.37. The predicted molar refractivity (Wildman–Crippen MR) is 76.7 cm³/mol. The minimum Gasteiger partial charge on any atom is -0.327 e. The summed E-state index contributed by atoms with van der Waals surface area (Å²) in [5.74, 6) is 1.63. The maximum absolute atomic E-state index is 6.51. The number of nitrogens with two attached hydrogens (primary N) is 1. The number of hydrogen-bond acceptors (Lipinski definition) is 3. The molecular formula is C15H22N4. The van der Waals surface area contributed by atoms with Crippen LogP contribution in [0.1, 0.15) is 50.9 Å². The van der Waals surface area contributed by atoms with Gasteiger partial charge in [0.15, 0.2) is 0 Å². The molecule has 3 rings (SSSR count). The molecule has 2 N–H and O–H groups in total. The summed E-state index contributed by atoms with van der Waals surface area (Å²) in [6, 6.07) is 2.09. The van der Waals surface area contributed by atoms with Crippen LogP contribution in [0.4, 0.5) is 0 Å². The van der Waals surface area contributed by atoms with Crippen molar-refractivity contribution in [3.8, 4) is 0 Å². The Labute approximate surface area is 114 Å². The summed E-state index contributed by atoms with van der Waals surface area (Å²) in [5, 5.41) is 0. The van der Waals surface area contributed by atoms with Gasteiger partial charge < -0.3 is 10.3 Å². The number of imidazole rings is 1. The average Bonchev–Trinajstić information content (AvgIpc) is 2.85. The van der Waals surface area contributed by atoms with Crippen molar-refractivity contribution >= 4 is 11.0 Å². The maximum Gasteiger partial charge on any atom is 0.127 e. The number of rotatable bonds is 3. The molecule has 1 aliphatic rings. The normalized spacial score (nSPS) is 18.8. The van der Waals surface area contributed by atoms with Gasteiger partial charge in [-0.15, -0.1) is 0 Å². The van der Waals surface area contributed by atoms with E-state index in [1.54, 1.807) is 0 Å². The largest absolute Gasteiger partial charge is 0.327 e. The molecule has 1 unspecified atom stereocenters. The van der Waals surface area contributed by atoms with Gasteiger partial charge in [-0.2, -0.15) is 0 Å². The van der Waals surface area contributed by atoms with E-state index in [1.165, 1.54) is 32.1 Å². The van der Waals surface area contributed by atoms with E-state index in [0.717, 1.165) is 23.4 Å². The second kappa shape index (κ2) is 5.29. The van der Waals surface area contributed by atoms with Crippen LogP contribution in [0.15, 0.2) is 18.5 Å². The Balaban J connectivity index is 1.98. The second-order valence-corrected chi connectivity index (χ2v) is 5.50. The summed E-state index contributed by atoms with van der Waals surface area (Å²) in [7, 11) is 0. The van der Waals surface area contributed by atoms with E-state index in [1.807, 2.05) is 18.5 Å². The highest BCUT2D eigenvalue weighted by molar-refractivity contribution is 5.74. The lowest BCUT2D eigenvalue weighted by molar-refractivity contribution is 0.297. The number of nitrogens with zero attached hydrogens (tertiary/aromatic N) is 3. The molecule has 0 saturated heterocycles. The lowest BCUT2D eigenvalue weighted by atomic mass is 9.84. The zero-order chi connectivity index (χ0) is 13.2. The lowest BCUT2D eigenvalue weighted by Gasteiger charge is -2.27. The van der Waals surface area contributed by atoms with Gasteiger partial charge >= 0.3 is 0 Å². The summed E-state index contributed by atoms with van der Waals surface area (Å²) >= 11 is 0. The van der Waals surface area contributed by atoms with Crippen molar-refractivity contribution < 1.29 is 0 Å². The zero-order valence-corrected chi connectivity index (χ0v) is 11.5. The van der Waals surface area contributed by atoms with Crippen molar-refractivity contribution in [3.05, 3.63) is 24.3 Å². The first-order chi connectivity index (χ1) is 9.31. The van der Waals surface area contributed by atoms with Gasteiger partial charge in [-0.25, -0.2) is 4.98 Å². The molecule has 2 aromatic heterocycles. The highest BCUT2D eigenvalue weighted by atomic mass is 15.1. The quantitative estimate of drug-likeness (QED) is 0.920. The Morgan fingerprint density at radius 1 is 1.37 bits per heavy atom. The Hall–Kier alpha value is -1.42. The molecule has 1 atom stereocenters. The van der Waals surface area contributed by atoms with Crippen LogP contribution in [-0.4, -0.2) is 14.5 Å². The van der Waals surface area contributed by atoms with E-state index in [4.69, 9.17) is 10.7 Å². The molecule has 1 fully saturated rings. The SMILES string of the molecule is CCn1c(C(N)C2CCCCC2)nc2cnccc21. The van der Waals surface area contributed by atoms with Crippen LogP contribution < -0.4 is 5.73 Å². The van der Waals surface area contributed by atoms with Crippen LogP contribution in [0.5, 0.6) is 0 Å². The lowest BCUT2D eigenvalue weighted by Crippen LogP contribution is -2.26. The Kier molecular flexibility index (Phi) is 3.51. The number of aryl methyl sites for hydroxylation is 1. The topological polar surface area (TPSA) is 56.7 Å². The first kappa shape index (κ1) is 12.6. The predicted octanol–water partition coefficient (Wildman–Crippen LogP) is 3.03. The fraction of sp³-hybridized carbons (Fsp3) is 0.600. The summed E-state index contributed by atoms with van der Waals surface area (Å²) in [5.41, 5.74) is 8.62. The van der Waals surface area contributed by atoms with Gasteiger partial charge in [0.25, 0.3) is 0 Å². The van der Waals surface area contributed by atoms with Crippen molar-refractivity contribution in [2.75, 3.05) is 0 Å². The summed E-state index contributed by atoms with van der Waals surface area (Å²) in [6.45, 7) is 3.06. The summed E-state index contributed by atoms with van der Waals surface area (Å²) < 4.78 is 2.25. The fourth-order valence-corrected chi connectivity index (χ4v) is 3.29. The summed E-state index contributed by atoms with van der Waals surface area (Å²) in [6.07, 6.45) is 10.1. The van der Waals surface area contributed by atoms with Crippen LogP contribution in [0, 0.1) is 5.92 Å². The van der Waals surface area contributed by atoms with Crippen molar-refractivity contribution in [1.29, 1.82) is 0 Å². The monoisotopic (exact) mass is 258 g/mol. The van der Waals surface area contributed by atoms with Crippen molar-refractivity contribution in [2.45, 2.75) is 51.6 Å². The van der Waals surface area contributed by atoms with Crippen molar-refractivity contribution in [1.82, 2.24) is 14.5 Å². The molecule has 4 nitrogen and oxygen atoms in total. The minimum atomic E-state index is 0.0626. The first-order valence-corrected chi connectivity index (χ1v) is 7.37. The Bertz CT molecular complexity index is 554. The third-order valence-corrected chi connectivity index (χ3v) is 4.35. The van der Waals surface area contributed by atoms with Gasteiger partial charge in [0, 0.05) is 12.7 Å². The molecule has 1 saturated carbocycles. The van der Waals surface area contributed by atoms with E-state index >= 15 is 0 Å². The van der Waals surface area contributed by atoms with E-state index < -0.39 is 0 Å². The molecule has 0 aliphatic heterocycles. The van der Waals surface area contributed by atoms with E-state index in [-0.39, 0.29) is 6.04 Å². The molecule has 102 valence electrons. The molecule has 19 heavy (non-hydrogen) atoms. The average molecular weight is 258 g/mol. The molecule has 0 aromatic carbocycles. The van der Waals surface area contributed by atoms with Crippen LogP contribution in [-0.2, 0) is 6.54 Å². The standard InChI is InChI=1S/C15H22N4/c1-2-19-13-8-9-17-10-12(13)18-15(19)14(16)11-6-4-3-5-7-11/h8-11,14H,2-7,16H2,1H3. The molecule has 0 amide bonds. The van der Waals surface area contributed by atoms with Gasteiger partial charge in [-0.1, -0.05) is 19.3 Å². The molecule has 2 aromatic rings.